The summed E-state index contributed by atoms with van der Waals surface area (Å²) in [5.41, 5.74) is 5.75. The monoisotopic (exact) mass is 227 g/mol. The molecule has 1 fully saturated rings. The lowest BCUT2D eigenvalue weighted by atomic mass is 9.98. The SMILES string of the molecule is CCCC(C)CN1CCCCC1C(N)=NO. The van der Waals surface area contributed by atoms with Crippen LogP contribution in [0.2, 0.25) is 0 Å². The minimum atomic E-state index is 0.151. The van der Waals surface area contributed by atoms with Crippen molar-refractivity contribution in [2.45, 2.75) is 52.0 Å². The molecule has 0 aromatic heterocycles. The van der Waals surface area contributed by atoms with Crippen molar-refractivity contribution in [1.29, 1.82) is 0 Å². The van der Waals surface area contributed by atoms with Gasteiger partial charge in [-0.25, -0.2) is 0 Å². The summed E-state index contributed by atoms with van der Waals surface area (Å²) >= 11 is 0. The van der Waals surface area contributed by atoms with Crippen LogP contribution >= 0.6 is 0 Å². The summed E-state index contributed by atoms with van der Waals surface area (Å²) in [5, 5.41) is 11.9. The minimum Gasteiger partial charge on any atom is -0.409 e. The highest BCUT2D eigenvalue weighted by Crippen LogP contribution is 2.19. The molecule has 2 atom stereocenters. The highest BCUT2D eigenvalue weighted by molar-refractivity contribution is 5.85. The zero-order valence-corrected chi connectivity index (χ0v) is 10.5. The van der Waals surface area contributed by atoms with Gasteiger partial charge < -0.3 is 10.9 Å². The molecule has 1 rings (SSSR count). The van der Waals surface area contributed by atoms with Gasteiger partial charge in [0.05, 0.1) is 6.04 Å². The Balaban J connectivity index is 2.53. The van der Waals surface area contributed by atoms with Crippen molar-refractivity contribution in [1.82, 2.24) is 4.90 Å². The number of hydrogen-bond acceptors (Lipinski definition) is 3. The van der Waals surface area contributed by atoms with Crippen LogP contribution in [0.15, 0.2) is 5.16 Å². The highest BCUT2D eigenvalue weighted by atomic mass is 16.4. The van der Waals surface area contributed by atoms with Gasteiger partial charge in [0.2, 0.25) is 0 Å². The molecule has 0 spiro atoms. The maximum Gasteiger partial charge on any atom is 0.156 e. The summed E-state index contributed by atoms with van der Waals surface area (Å²) in [6.45, 7) is 6.64. The molecule has 0 saturated carbocycles. The molecule has 1 heterocycles. The number of amidine groups is 1. The van der Waals surface area contributed by atoms with Gasteiger partial charge in [-0.1, -0.05) is 31.8 Å². The van der Waals surface area contributed by atoms with E-state index in [1.807, 2.05) is 0 Å². The molecule has 0 radical (unpaired) electrons. The second kappa shape index (κ2) is 6.74. The first-order valence-corrected chi connectivity index (χ1v) is 6.40. The lowest BCUT2D eigenvalue weighted by Gasteiger charge is -2.36. The third-order valence-electron chi connectivity index (χ3n) is 3.40. The predicted molar refractivity (Wildman–Crippen MR) is 66.7 cm³/mol. The van der Waals surface area contributed by atoms with E-state index in [0.717, 1.165) is 19.5 Å². The molecule has 1 aliphatic heterocycles. The molecule has 1 aliphatic rings. The Labute approximate surface area is 98.5 Å². The number of nitrogens with zero attached hydrogens (tertiary/aromatic N) is 2. The van der Waals surface area contributed by atoms with Gasteiger partial charge in [-0.05, 0) is 31.7 Å². The van der Waals surface area contributed by atoms with Gasteiger partial charge in [-0.3, -0.25) is 4.90 Å². The van der Waals surface area contributed by atoms with Crippen molar-refractivity contribution in [3.05, 3.63) is 0 Å². The first-order valence-electron chi connectivity index (χ1n) is 6.40. The quantitative estimate of drug-likeness (QED) is 0.327. The minimum absolute atomic E-state index is 0.151. The molecular weight excluding hydrogens is 202 g/mol. The number of hydrogen-bond donors (Lipinski definition) is 2. The van der Waals surface area contributed by atoms with Crippen molar-refractivity contribution >= 4 is 5.84 Å². The zero-order chi connectivity index (χ0) is 12.0. The average Bonchev–Trinajstić information content (AvgIpc) is 2.29. The fraction of sp³-hybridized carbons (Fsp3) is 0.917. The van der Waals surface area contributed by atoms with Crippen LogP contribution < -0.4 is 5.73 Å². The highest BCUT2D eigenvalue weighted by Gasteiger charge is 2.26. The molecular formula is C12H25N3O. The van der Waals surface area contributed by atoms with Crippen molar-refractivity contribution in [3.63, 3.8) is 0 Å². The normalized spacial score (nSPS) is 25.6. The van der Waals surface area contributed by atoms with E-state index in [9.17, 15) is 0 Å². The summed E-state index contributed by atoms with van der Waals surface area (Å²) in [5.74, 6) is 1.07. The predicted octanol–water partition coefficient (Wildman–Crippen LogP) is 2.02. The van der Waals surface area contributed by atoms with Crippen molar-refractivity contribution in [2.75, 3.05) is 13.1 Å². The Morgan fingerprint density at radius 2 is 2.31 bits per heavy atom. The molecule has 0 aliphatic carbocycles. The van der Waals surface area contributed by atoms with Crippen LogP contribution in [-0.2, 0) is 0 Å². The number of rotatable bonds is 5. The number of nitrogens with two attached hydrogens (primary N) is 1. The van der Waals surface area contributed by atoms with Crippen LogP contribution in [0.3, 0.4) is 0 Å². The van der Waals surface area contributed by atoms with Gasteiger partial charge in [0, 0.05) is 6.54 Å². The Morgan fingerprint density at radius 3 is 2.94 bits per heavy atom. The Hall–Kier alpha value is -0.770. The lowest BCUT2D eigenvalue weighted by molar-refractivity contribution is 0.160. The molecule has 0 aromatic carbocycles. The molecule has 0 bridgehead atoms. The van der Waals surface area contributed by atoms with Gasteiger partial charge in [0.15, 0.2) is 5.84 Å². The van der Waals surface area contributed by atoms with Crippen LogP contribution in [0.5, 0.6) is 0 Å². The molecule has 1 saturated heterocycles. The molecule has 94 valence electrons. The van der Waals surface area contributed by atoms with Crippen molar-refractivity contribution < 1.29 is 5.21 Å². The van der Waals surface area contributed by atoms with E-state index in [4.69, 9.17) is 10.9 Å². The van der Waals surface area contributed by atoms with Crippen LogP contribution in [0.4, 0.5) is 0 Å². The van der Waals surface area contributed by atoms with Gasteiger partial charge in [0.25, 0.3) is 0 Å². The first kappa shape index (κ1) is 13.3. The van der Waals surface area contributed by atoms with Gasteiger partial charge in [0.1, 0.15) is 0 Å². The molecule has 3 N–H and O–H groups in total. The molecule has 4 heteroatoms. The largest absolute Gasteiger partial charge is 0.409 e. The topological polar surface area (TPSA) is 61.8 Å². The summed E-state index contributed by atoms with van der Waals surface area (Å²) in [7, 11) is 0. The molecule has 4 nitrogen and oxygen atoms in total. The van der Waals surface area contributed by atoms with E-state index in [-0.39, 0.29) is 6.04 Å². The third kappa shape index (κ3) is 3.67. The lowest BCUT2D eigenvalue weighted by Crippen LogP contribution is -2.49. The maximum atomic E-state index is 8.78. The smallest absolute Gasteiger partial charge is 0.156 e. The molecule has 16 heavy (non-hydrogen) atoms. The number of piperidine rings is 1. The molecule has 0 amide bonds. The van der Waals surface area contributed by atoms with E-state index in [2.05, 4.69) is 23.9 Å². The second-order valence-corrected chi connectivity index (χ2v) is 4.93. The van der Waals surface area contributed by atoms with E-state index < -0.39 is 0 Å². The van der Waals surface area contributed by atoms with Crippen molar-refractivity contribution in [2.24, 2.45) is 16.8 Å². The van der Waals surface area contributed by atoms with E-state index in [1.54, 1.807) is 0 Å². The summed E-state index contributed by atoms with van der Waals surface area (Å²) in [4.78, 5) is 2.37. The zero-order valence-electron chi connectivity index (χ0n) is 10.5. The Bertz CT molecular complexity index is 230. The van der Waals surface area contributed by atoms with Crippen LogP contribution in [0.1, 0.15) is 46.0 Å². The third-order valence-corrected chi connectivity index (χ3v) is 3.40. The molecule has 0 aromatic rings. The van der Waals surface area contributed by atoms with Gasteiger partial charge >= 0.3 is 0 Å². The fourth-order valence-corrected chi connectivity index (χ4v) is 2.60. The van der Waals surface area contributed by atoms with Crippen molar-refractivity contribution in [3.8, 4) is 0 Å². The Kier molecular flexibility index (Phi) is 5.60. The van der Waals surface area contributed by atoms with E-state index in [1.165, 1.54) is 25.7 Å². The van der Waals surface area contributed by atoms with Gasteiger partial charge in [-0.2, -0.15) is 0 Å². The molecule has 2 unspecified atom stereocenters. The van der Waals surface area contributed by atoms with E-state index >= 15 is 0 Å². The Morgan fingerprint density at radius 1 is 1.56 bits per heavy atom. The van der Waals surface area contributed by atoms with Crippen LogP contribution in [0.25, 0.3) is 0 Å². The standard InChI is InChI=1S/C12H25N3O/c1-3-6-10(2)9-15-8-5-4-7-11(15)12(13)14-16/h10-11,16H,3-9H2,1-2H3,(H2,13,14). The summed E-state index contributed by atoms with van der Waals surface area (Å²) in [6, 6.07) is 0.151. The summed E-state index contributed by atoms with van der Waals surface area (Å²) < 4.78 is 0. The van der Waals surface area contributed by atoms with Crippen LogP contribution in [0, 0.1) is 5.92 Å². The van der Waals surface area contributed by atoms with Gasteiger partial charge in [-0.15, -0.1) is 0 Å². The van der Waals surface area contributed by atoms with E-state index in [0.29, 0.717) is 11.8 Å². The van der Waals surface area contributed by atoms with Crippen LogP contribution in [-0.4, -0.2) is 35.1 Å². The number of oxime groups is 1. The maximum absolute atomic E-state index is 8.78. The fourth-order valence-electron chi connectivity index (χ4n) is 2.60. The average molecular weight is 227 g/mol. The summed E-state index contributed by atoms with van der Waals surface area (Å²) in [6.07, 6.45) is 5.91. The second-order valence-electron chi connectivity index (χ2n) is 4.93. The number of likely N-dealkylation sites (tertiary alicyclic amines) is 1. The first-order chi connectivity index (χ1) is 7.69.